The predicted molar refractivity (Wildman–Crippen MR) is 80.9 cm³/mol. The first kappa shape index (κ1) is 11.7. The Morgan fingerprint density at radius 2 is 1.89 bits per heavy atom. The Bertz CT molecular complexity index is 786. The van der Waals surface area contributed by atoms with Crippen molar-refractivity contribution in [3.8, 4) is 5.69 Å². The van der Waals surface area contributed by atoms with Gasteiger partial charge in [-0.2, -0.15) is 0 Å². The lowest BCUT2D eigenvalue weighted by molar-refractivity contribution is 1.05. The molecule has 0 unspecified atom stereocenters. The molecule has 3 aromatic rings. The summed E-state index contributed by atoms with van der Waals surface area (Å²) in [6.45, 7) is 2.08. The van der Waals surface area contributed by atoms with Crippen molar-refractivity contribution in [2.45, 2.75) is 6.92 Å². The average Bonchev–Trinajstić information content (AvgIpc) is 2.69. The fraction of sp³-hybridized carbons (Fsp3) is 0.0714. The van der Waals surface area contributed by atoms with Crippen LogP contribution in [0.1, 0.15) is 5.56 Å². The van der Waals surface area contributed by atoms with E-state index < -0.39 is 0 Å². The molecule has 4 heteroatoms. The van der Waals surface area contributed by atoms with Crippen molar-refractivity contribution >= 4 is 39.2 Å². The minimum atomic E-state index is 0.711. The fourth-order valence-electron chi connectivity index (χ4n) is 2.10. The normalized spacial score (nSPS) is 11.0. The van der Waals surface area contributed by atoms with Crippen LogP contribution in [-0.4, -0.2) is 9.55 Å². The largest absolute Gasteiger partial charge is 0.330 e. The topological polar surface area (TPSA) is 20.7 Å². The fourth-order valence-corrected chi connectivity index (χ4v) is 2.85. The van der Waals surface area contributed by atoms with Crippen LogP contribution in [-0.2, 0) is 0 Å². The van der Waals surface area contributed by atoms with Crippen molar-refractivity contribution in [2.75, 3.05) is 0 Å². The number of aryl methyl sites for hydroxylation is 1. The Kier molecular flexibility index (Phi) is 2.84. The van der Waals surface area contributed by atoms with E-state index in [1.54, 1.807) is 0 Å². The molecule has 3 rings (SSSR count). The molecule has 0 fully saturated rings. The van der Waals surface area contributed by atoms with Crippen molar-refractivity contribution in [1.82, 2.24) is 9.55 Å². The highest BCUT2D eigenvalue weighted by atomic mass is 79.9. The first-order valence-corrected chi connectivity index (χ1v) is 6.84. The second-order valence-electron chi connectivity index (χ2n) is 4.19. The zero-order valence-corrected chi connectivity index (χ0v) is 12.2. The number of nitrogens with zero attached hydrogens (tertiary/aromatic N) is 1. The van der Waals surface area contributed by atoms with Crippen LogP contribution in [0.2, 0.25) is 0 Å². The van der Waals surface area contributed by atoms with Gasteiger partial charge in [-0.25, -0.2) is 0 Å². The van der Waals surface area contributed by atoms with Gasteiger partial charge in [0.05, 0.1) is 16.7 Å². The number of H-pyrrole nitrogens is 1. The molecule has 2 nitrogen and oxygen atoms in total. The molecule has 2 aromatic carbocycles. The molecule has 0 saturated heterocycles. The monoisotopic (exact) mass is 318 g/mol. The molecule has 1 heterocycles. The van der Waals surface area contributed by atoms with Gasteiger partial charge in [-0.1, -0.05) is 24.3 Å². The number of aromatic nitrogens is 2. The summed E-state index contributed by atoms with van der Waals surface area (Å²) in [5.41, 5.74) is 4.40. The third-order valence-electron chi connectivity index (χ3n) is 3.00. The minimum absolute atomic E-state index is 0.711. The van der Waals surface area contributed by atoms with Gasteiger partial charge in [0, 0.05) is 4.47 Å². The highest BCUT2D eigenvalue weighted by molar-refractivity contribution is 9.10. The number of aromatic amines is 1. The molecular formula is C14H11BrN2S. The van der Waals surface area contributed by atoms with E-state index in [2.05, 4.69) is 50.6 Å². The summed E-state index contributed by atoms with van der Waals surface area (Å²) < 4.78 is 3.84. The maximum absolute atomic E-state index is 5.42. The van der Waals surface area contributed by atoms with E-state index in [0.29, 0.717) is 4.77 Å². The van der Waals surface area contributed by atoms with Crippen molar-refractivity contribution in [3.05, 3.63) is 57.3 Å². The second-order valence-corrected chi connectivity index (χ2v) is 5.37. The van der Waals surface area contributed by atoms with Crippen LogP contribution in [0.25, 0.3) is 16.7 Å². The number of para-hydroxylation sites is 2. The van der Waals surface area contributed by atoms with E-state index in [0.717, 1.165) is 21.2 Å². The van der Waals surface area contributed by atoms with Gasteiger partial charge in [-0.3, -0.25) is 4.57 Å². The third kappa shape index (κ3) is 1.72. The van der Waals surface area contributed by atoms with Crippen molar-refractivity contribution in [1.29, 1.82) is 0 Å². The quantitative estimate of drug-likeness (QED) is 0.641. The molecule has 0 spiro atoms. The Hall–Kier alpha value is -1.39. The lowest BCUT2D eigenvalue weighted by Gasteiger charge is -2.09. The summed E-state index contributed by atoms with van der Waals surface area (Å²) in [5.74, 6) is 0. The summed E-state index contributed by atoms with van der Waals surface area (Å²) in [4.78, 5) is 3.23. The smallest absolute Gasteiger partial charge is 0.182 e. The van der Waals surface area contributed by atoms with E-state index in [4.69, 9.17) is 12.2 Å². The standard InChI is InChI=1S/C14H11BrN2S/c1-9-5-4-8-12(13(9)15)17-11-7-3-2-6-10(11)16-14(17)18/h2-8H,1H3,(H,16,18). The lowest BCUT2D eigenvalue weighted by Crippen LogP contribution is -1.96. The SMILES string of the molecule is Cc1cccc(-n2c(=S)[nH]c3ccccc32)c1Br. The van der Waals surface area contributed by atoms with Crippen LogP contribution in [0.5, 0.6) is 0 Å². The van der Waals surface area contributed by atoms with E-state index in [1.165, 1.54) is 5.56 Å². The number of hydrogen-bond donors (Lipinski definition) is 1. The molecule has 1 aromatic heterocycles. The number of rotatable bonds is 1. The van der Waals surface area contributed by atoms with Crippen molar-refractivity contribution in [2.24, 2.45) is 0 Å². The molecule has 0 amide bonds. The molecule has 0 saturated carbocycles. The van der Waals surface area contributed by atoms with Crippen LogP contribution in [0.15, 0.2) is 46.9 Å². The number of halogens is 1. The Morgan fingerprint density at radius 1 is 1.11 bits per heavy atom. The Balaban J connectivity index is 2.42. The van der Waals surface area contributed by atoms with Gasteiger partial charge in [0.2, 0.25) is 0 Å². The first-order chi connectivity index (χ1) is 8.68. The highest BCUT2D eigenvalue weighted by Crippen LogP contribution is 2.28. The summed E-state index contributed by atoms with van der Waals surface area (Å²) in [6.07, 6.45) is 0. The van der Waals surface area contributed by atoms with E-state index in [1.807, 2.05) is 24.3 Å². The molecule has 18 heavy (non-hydrogen) atoms. The number of nitrogens with one attached hydrogen (secondary N) is 1. The number of imidazole rings is 1. The maximum Gasteiger partial charge on any atom is 0.182 e. The minimum Gasteiger partial charge on any atom is -0.330 e. The van der Waals surface area contributed by atoms with Gasteiger partial charge in [-0.15, -0.1) is 0 Å². The van der Waals surface area contributed by atoms with Crippen LogP contribution in [0, 0.1) is 11.7 Å². The molecule has 0 atom stereocenters. The van der Waals surface area contributed by atoms with Gasteiger partial charge >= 0.3 is 0 Å². The van der Waals surface area contributed by atoms with Gasteiger partial charge in [0.1, 0.15) is 0 Å². The van der Waals surface area contributed by atoms with Crippen LogP contribution in [0.3, 0.4) is 0 Å². The van der Waals surface area contributed by atoms with Crippen LogP contribution < -0.4 is 0 Å². The number of fused-ring (bicyclic) bond motifs is 1. The van der Waals surface area contributed by atoms with Gasteiger partial charge in [0.25, 0.3) is 0 Å². The molecule has 0 aliphatic rings. The first-order valence-electron chi connectivity index (χ1n) is 5.64. The number of hydrogen-bond acceptors (Lipinski definition) is 1. The zero-order valence-electron chi connectivity index (χ0n) is 9.77. The molecule has 0 aliphatic heterocycles. The summed E-state index contributed by atoms with van der Waals surface area (Å²) in [5, 5.41) is 0. The van der Waals surface area contributed by atoms with E-state index in [-0.39, 0.29) is 0 Å². The van der Waals surface area contributed by atoms with E-state index >= 15 is 0 Å². The lowest BCUT2D eigenvalue weighted by atomic mass is 10.2. The summed E-state index contributed by atoms with van der Waals surface area (Å²) in [6, 6.07) is 14.3. The molecule has 0 bridgehead atoms. The third-order valence-corrected chi connectivity index (χ3v) is 4.32. The van der Waals surface area contributed by atoms with Gasteiger partial charge < -0.3 is 4.98 Å². The average molecular weight is 319 g/mol. The molecule has 90 valence electrons. The van der Waals surface area contributed by atoms with Gasteiger partial charge in [-0.05, 0) is 58.8 Å². The van der Waals surface area contributed by atoms with E-state index in [9.17, 15) is 0 Å². The van der Waals surface area contributed by atoms with Crippen molar-refractivity contribution < 1.29 is 0 Å². The Labute approximate surface area is 118 Å². The van der Waals surface area contributed by atoms with Crippen molar-refractivity contribution in [3.63, 3.8) is 0 Å². The molecule has 1 N–H and O–H groups in total. The molecule has 0 aliphatic carbocycles. The van der Waals surface area contributed by atoms with Gasteiger partial charge in [0.15, 0.2) is 4.77 Å². The number of benzene rings is 2. The zero-order chi connectivity index (χ0) is 12.7. The Morgan fingerprint density at radius 3 is 2.72 bits per heavy atom. The van der Waals surface area contributed by atoms with Crippen LogP contribution >= 0.6 is 28.1 Å². The van der Waals surface area contributed by atoms with Crippen LogP contribution in [0.4, 0.5) is 0 Å². The molecular weight excluding hydrogens is 308 g/mol. The molecule has 0 radical (unpaired) electrons. The maximum atomic E-state index is 5.42. The predicted octanol–water partition coefficient (Wildman–Crippen LogP) is 4.76. The summed E-state index contributed by atoms with van der Waals surface area (Å²) in [7, 11) is 0. The second kappa shape index (κ2) is 4.37. The summed E-state index contributed by atoms with van der Waals surface area (Å²) >= 11 is 9.06. The highest BCUT2D eigenvalue weighted by Gasteiger charge is 2.09.